The van der Waals surface area contributed by atoms with Crippen LogP contribution in [0.15, 0.2) is 47.2 Å². The van der Waals surface area contributed by atoms with Crippen molar-refractivity contribution in [2.75, 3.05) is 34.5 Å². The van der Waals surface area contributed by atoms with Crippen LogP contribution in [0, 0.1) is 0 Å². The largest absolute Gasteiger partial charge is 0.496 e. The number of fused-ring (bicyclic) bond motifs is 1. The van der Waals surface area contributed by atoms with Gasteiger partial charge in [0, 0.05) is 12.1 Å². The number of hydrogen-bond donors (Lipinski definition) is 0. The summed E-state index contributed by atoms with van der Waals surface area (Å²) in [5, 5.41) is 4.00. The van der Waals surface area contributed by atoms with E-state index < -0.39 is 0 Å². The van der Waals surface area contributed by atoms with Crippen molar-refractivity contribution >= 4 is 17.2 Å². The average molecular weight is 440 g/mol. The standard InChI is InChI=1S/C24H25NO5S/c1-27-19-5-4-6-20(28-2)23(19)17-12-18-14-25(22(26)11-16-7-10-31-15-16)8-9-30-24(18)21(13-17)29-3/h4-7,10,12-13,15H,8-9,11,14H2,1-3H3. The number of carbonyl (C=O) groups excluding carboxylic acids is 1. The first-order valence-electron chi connectivity index (χ1n) is 9.98. The minimum absolute atomic E-state index is 0.0779. The number of amides is 1. The van der Waals surface area contributed by atoms with Gasteiger partial charge in [0.15, 0.2) is 11.5 Å². The molecule has 0 aliphatic carbocycles. The van der Waals surface area contributed by atoms with E-state index in [1.165, 1.54) is 0 Å². The van der Waals surface area contributed by atoms with Gasteiger partial charge in [0.2, 0.25) is 5.91 Å². The van der Waals surface area contributed by atoms with Gasteiger partial charge in [0.1, 0.15) is 18.1 Å². The fourth-order valence-electron chi connectivity index (χ4n) is 3.81. The minimum atomic E-state index is 0.0779. The van der Waals surface area contributed by atoms with Crippen molar-refractivity contribution in [1.82, 2.24) is 4.90 Å². The van der Waals surface area contributed by atoms with Crippen molar-refractivity contribution in [1.29, 1.82) is 0 Å². The number of carbonyl (C=O) groups is 1. The van der Waals surface area contributed by atoms with Crippen LogP contribution in [0.25, 0.3) is 11.1 Å². The number of rotatable bonds is 6. The number of benzene rings is 2. The second-order valence-electron chi connectivity index (χ2n) is 7.18. The molecular weight excluding hydrogens is 414 g/mol. The molecule has 4 rings (SSSR count). The predicted octanol–water partition coefficient (Wildman–Crippen LogP) is 4.40. The number of thiophene rings is 1. The highest BCUT2D eigenvalue weighted by atomic mass is 32.1. The Hall–Kier alpha value is -3.19. The van der Waals surface area contributed by atoms with Crippen LogP contribution in [0.1, 0.15) is 11.1 Å². The molecule has 31 heavy (non-hydrogen) atoms. The maximum Gasteiger partial charge on any atom is 0.227 e. The lowest BCUT2D eigenvalue weighted by Gasteiger charge is -2.21. The first-order valence-corrected chi connectivity index (χ1v) is 10.9. The molecule has 0 spiro atoms. The van der Waals surface area contributed by atoms with Gasteiger partial charge in [0.25, 0.3) is 0 Å². The molecule has 2 aromatic carbocycles. The maximum atomic E-state index is 12.9. The van der Waals surface area contributed by atoms with Gasteiger partial charge >= 0.3 is 0 Å². The Balaban J connectivity index is 1.73. The highest BCUT2D eigenvalue weighted by Gasteiger charge is 2.25. The first kappa shape index (κ1) is 21.1. The average Bonchev–Trinajstić information content (AvgIpc) is 3.21. The second kappa shape index (κ2) is 9.31. The normalized spacial score (nSPS) is 13.1. The molecule has 0 atom stereocenters. The lowest BCUT2D eigenvalue weighted by Crippen LogP contribution is -2.33. The zero-order valence-corrected chi connectivity index (χ0v) is 18.7. The van der Waals surface area contributed by atoms with Gasteiger partial charge in [-0.05, 0) is 52.2 Å². The minimum Gasteiger partial charge on any atom is -0.496 e. The highest BCUT2D eigenvalue weighted by molar-refractivity contribution is 7.08. The third-order valence-electron chi connectivity index (χ3n) is 5.33. The Morgan fingerprint density at radius 3 is 2.45 bits per heavy atom. The number of methoxy groups -OCH3 is 3. The molecule has 0 saturated carbocycles. The zero-order chi connectivity index (χ0) is 21.8. The summed E-state index contributed by atoms with van der Waals surface area (Å²) in [7, 11) is 4.88. The molecule has 6 nitrogen and oxygen atoms in total. The van der Waals surface area contributed by atoms with Crippen LogP contribution in [0.5, 0.6) is 23.0 Å². The fraction of sp³-hybridized carbons (Fsp3) is 0.292. The van der Waals surface area contributed by atoms with Crippen LogP contribution in [0.2, 0.25) is 0 Å². The summed E-state index contributed by atoms with van der Waals surface area (Å²) in [6.45, 7) is 1.38. The lowest BCUT2D eigenvalue weighted by atomic mass is 9.99. The van der Waals surface area contributed by atoms with Crippen LogP contribution < -0.4 is 18.9 Å². The van der Waals surface area contributed by atoms with E-state index in [0.717, 1.165) is 22.3 Å². The molecular formula is C24H25NO5S. The summed E-state index contributed by atoms with van der Waals surface area (Å²) in [4.78, 5) is 14.8. The van der Waals surface area contributed by atoms with Crippen molar-refractivity contribution in [3.8, 4) is 34.1 Å². The third-order valence-corrected chi connectivity index (χ3v) is 6.06. The van der Waals surface area contributed by atoms with Crippen LogP contribution >= 0.6 is 11.3 Å². The Kier molecular flexibility index (Phi) is 6.32. The van der Waals surface area contributed by atoms with E-state index >= 15 is 0 Å². The second-order valence-corrected chi connectivity index (χ2v) is 7.96. The van der Waals surface area contributed by atoms with E-state index in [0.29, 0.717) is 49.1 Å². The SMILES string of the molecule is COc1cc(-c2c(OC)cccc2OC)cc2c1OCCN(C(=O)Cc1ccsc1)C2. The van der Waals surface area contributed by atoms with Crippen molar-refractivity contribution in [3.63, 3.8) is 0 Å². The van der Waals surface area contributed by atoms with Gasteiger partial charge in [-0.15, -0.1) is 0 Å². The van der Waals surface area contributed by atoms with E-state index in [1.54, 1.807) is 32.7 Å². The molecule has 0 bridgehead atoms. The van der Waals surface area contributed by atoms with E-state index in [2.05, 4.69) is 0 Å². The number of hydrogen-bond acceptors (Lipinski definition) is 6. The van der Waals surface area contributed by atoms with E-state index in [-0.39, 0.29) is 5.91 Å². The van der Waals surface area contributed by atoms with E-state index in [9.17, 15) is 4.79 Å². The molecule has 7 heteroatoms. The summed E-state index contributed by atoms with van der Waals surface area (Å²) in [5.41, 5.74) is 3.62. The number of ether oxygens (including phenoxy) is 4. The molecule has 1 aromatic heterocycles. The van der Waals surface area contributed by atoms with Gasteiger partial charge in [-0.25, -0.2) is 0 Å². The Bertz CT molecular complexity index is 1040. The summed E-state index contributed by atoms with van der Waals surface area (Å²) in [6, 6.07) is 11.6. The lowest BCUT2D eigenvalue weighted by molar-refractivity contribution is -0.131. The summed E-state index contributed by atoms with van der Waals surface area (Å²) in [6.07, 6.45) is 0.385. The van der Waals surface area contributed by atoms with Crippen LogP contribution in [0.3, 0.4) is 0 Å². The molecule has 0 N–H and O–H groups in total. The van der Waals surface area contributed by atoms with Crippen LogP contribution in [-0.4, -0.2) is 45.3 Å². The topological polar surface area (TPSA) is 57.2 Å². The zero-order valence-electron chi connectivity index (χ0n) is 17.8. The molecule has 1 aliphatic heterocycles. The van der Waals surface area contributed by atoms with E-state index in [1.807, 2.05) is 52.1 Å². The fourth-order valence-corrected chi connectivity index (χ4v) is 4.48. The molecule has 1 amide bonds. The predicted molar refractivity (Wildman–Crippen MR) is 120 cm³/mol. The van der Waals surface area contributed by atoms with Gasteiger partial charge in [0.05, 0.1) is 39.9 Å². The summed E-state index contributed by atoms with van der Waals surface area (Å²) in [5.74, 6) is 2.76. The maximum absolute atomic E-state index is 12.9. The van der Waals surface area contributed by atoms with Gasteiger partial charge in [-0.1, -0.05) is 6.07 Å². The summed E-state index contributed by atoms with van der Waals surface area (Å²) < 4.78 is 22.8. The van der Waals surface area contributed by atoms with Crippen molar-refractivity contribution < 1.29 is 23.7 Å². The third kappa shape index (κ3) is 4.32. The quantitative estimate of drug-likeness (QED) is 0.570. The van der Waals surface area contributed by atoms with Gasteiger partial charge in [-0.3, -0.25) is 4.79 Å². The highest BCUT2D eigenvalue weighted by Crippen LogP contribution is 2.44. The molecule has 162 valence electrons. The number of nitrogens with zero attached hydrogens (tertiary/aromatic N) is 1. The Morgan fingerprint density at radius 2 is 1.81 bits per heavy atom. The Labute approximate surface area is 185 Å². The van der Waals surface area contributed by atoms with Crippen molar-refractivity contribution in [3.05, 3.63) is 58.3 Å². The van der Waals surface area contributed by atoms with Crippen LogP contribution in [0.4, 0.5) is 0 Å². The molecule has 0 unspecified atom stereocenters. The van der Waals surface area contributed by atoms with E-state index in [4.69, 9.17) is 18.9 Å². The van der Waals surface area contributed by atoms with Gasteiger partial charge < -0.3 is 23.8 Å². The van der Waals surface area contributed by atoms with Gasteiger partial charge in [-0.2, -0.15) is 11.3 Å². The molecule has 0 radical (unpaired) electrons. The summed E-state index contributed by atoms with van der Waals surface area (Å²) >= 11 is 1.60. The molecule has 1 aliphatic rings. The van der Waals surface area contributed by atoms with Crippen molar-refractivity contribution in [2.24, 2.45) is 0 Å². The molecule has 0 fully saturated rings. The van der Waals surface area contributed by atoms with Crippen LogP contribution in [-0.2, 0) is 17.8 Å². The first-order chi connectivity index (χ1) is 15.1. The molecule has 0 saturated heterocycles. The molecule has 3 aromatic rings. The Morgan fingerprint density at radius 1 is 1.06 bits per heavy atom. The van der Waals surface area contributed by atoms with Crippen molar-refractivity contribution in [2.45, 2.75) is 13.0 Å². The monoisotopic (exact) mass is 439 g/mol. The molecule has 2 heterocycles. The smallest absolute Gasteiger partial charge is 0.227 e.